The van der Waals surface area contributed by atoms with Gasteiger partial charge in [0.1, 0.15) is 0 Å². The van der Waals surface area contributed by atoms with Gasteiger partial charge in [0.05, 0.1) is 11.4 Å². The van der Waals surface area contributed by atoms with Crippen molar-refractivity contribution in [3.05, 3.63) is 29.8 Å². The predicted octanol–water partition coefficient (Wildman–Crippen LogP) is 1.13. The van der Waals surface area contributed by atoms with Crippen molar-refractivity contribution in [2.75, 3.05) is 26.7 Å². The molecule has 1 aromatic rings. The highest BCUT2D eigenvalue weighted by Crippen LogP contribution is 2.23. The Kier molecular flexibility index (Phi) is 5.33. The molecule has 1 fully saturated rings. The lowest BCUT2D eigenvalue weighted by atomic mass is 10.1. The van der Waals surface area contributed by atoms with Crippen molar-refractivity contribution in [1.29, 1.82) is 0 Å². The Morgan fingerprint density at radius 1 is 1.30 bits per heavy atom. The fraction of sp³-hybridized carbons (Fsp3) is 0.500. The predicted molar refractivity (Wildman–Crippen MR) is 78.4 cm³/mol. The number of sulfonamides is 1. The zero-order valence-electron chi connectivity index (χ0n) is 12.6. The number of nitrogens with zero attached hydrogens (tertiary/aromatic N) is 2. The maximum Gasteiger partial charge on any atom is 0.317 e. The molecule has 1 aromatic carbocycles. The Morgan fingerprint density at radius 3 is 2.43 bits per heavy atom. The van der Waals surface area contributed by atoms with Crippen molar-refractivity contribution in [3.8, 4) is 0 Å². The molecule has 0 unspecified atom stereocenters. The fourth-order valence-corrected chi connectivity index (χ4v) is 4.13. The van der Waals surface area contributed by atoms with Crippen LogP contribution >= 0.6 is 0 Å². The number of hydrogen-bond donors (Lipinski definition) is 1. The molecule has 1 aliphatic rings. The van der Waals surface area contributed by atoms with Gasteiger partial charge in [-0.1, -0.05) is 0 Å². The molecule has 0 atom stereocenters. The minimum Gasteiger partial charge on any atom is -0.480 e. The largest absolute Gasteiger partial charge is 0.480 e. The van der Waals surface area contributed by atoms with Crippen molar-refractivity contribution in [2.24, 2.45) is 0 Å². The molecule has 6 nitrogen and oxygen atoms in total. The summed E-state index contributed by atoms with van der Waals surface area (Å²) in [6.07, 6.45) is 0.958. The van der Waals surface area contributed by atoms with E-state index in [1.54, 1.807) is 11.9 Å². The summed E-state index contributed by atoms with van der Waals surface area (Å²) in [5, 5.41) is 8.78. The van der Waals surface area contributed by atoms with Gasteiger partial charge >= 0.3 is 5.97 Å². The molecule has 0 amide bonds. The molecular formula is C14H18F2N2O4S. The number of carboxylic acid groups (broad SMARTS) is 1. The Labute approximate surface area is 133 Å². The molecule has 0 radical (unpaired) electrons. The van der Waals surface area contributed by atoms with E-state index in [1.165, 1.54) is 4.31 Å². The first-order valence-electron chi connectivity index (χ1n) is 7.09. The SMILES string of the molecule is CN(CC(=O)O)C1CCN(S(=O)(=O)c2ccc(F)c(F)c2)CC1. The van der Waals surface area contributed by atoms with E-state index >= 15 is 0 Å². The van der Waals surface area contributed by atoms with Crippen LogP contribution in [-0.2, 0) is 14.8 Å². The number of hydrogen-bond acceptors (Lipinski definition) is 4. The summed E-state index contributed by atoms with van der Waals surface area (Å²) in [7, 11) is -2.20. The van der Waals surface area contributed by atoms with Crippen LogP contribution in [0.25, 0.3) is 0 Å². The third-order valence-corrected chi connectivity index (χ3v) is 5.85. The van der Waals surface area contributed by atoms with Gasteiger partial charge < -0.3 is 5.11 Å². The third-order valence-electron chi connectivity index (χ3n) is 3.96. The van der Waals surface area contributed by atoms with Crippen LogP contribution in [0.5, 0.6) is 0 Å². The average molecular weight is 348 g/mol. The van der Waals surface area contributed by atoms with E-state index in [1.807, 2.05) is 0 Å². The second kappa shape index (κ2) is 6.90. The molecule has 9 heteroatoms. The topological polar surface area (TPSA) is 77.9 Å². The van der Waals surface area contributed by atoms with Crippen molar-refractivity contribution < 1.29 is 27.1 Å². The molecule has 1 saturated heterocycles. The van der Waals surface area contributed by atoms with E-state index in [4.69, 9.17) is 5.11 Å². The van der Waals surface area contributed by atoms with E-state index in [0.717, 1.165) is 12.1 Å². The molecule has 128 valence electrons. The van der Waals surface area contributed by atoms with Crippen LogP contribution in [0.15, 0.2) is 23.1 Å². The van der Waals surface area contributed by atoms with E-state index in [9.17, 15) is 22.0 Å². The molecule has 23 heavy (non-hydrogen) atoms. The van der Waals surface area contributed by atoms with Crippen molar-refractivity contribution in [3.63, 3.8) is 0 Å². The number of halogens is 2. The first-order chi connectivity index (χ1) is 10.7. The van der Waals surface area contributed by atoms with Gasteiger partial charge in [0.2, 0.25) is 10.0 Å². The molecule has 0 bridgehead atoms. The van der Waals surface area contributed by atoms with Gasteiger partial charge in [-0.3, -0.25) is 9.69 Å². The summed E-state index contributed by atoms with van der Waals surface area (Å²) in [4.78, 5) is 12.1. The van der Waals surface area contributed by atoms with Gasteiger partial charge in [-0.05, 0) is 38.1 Å². The highest BCUT2D eigenvalue weighted by Gasteiger charge is 2.31. The second-order valence-electron chi connectivity index (χ2n) is 5.52. The Morgan fingerprint density at radius 2 is 1.91 bits per heavy atom. The molecule has 0 spiro atoms. The normalized spacial score (nSPS) is 17.6. The molecule has 1 heterocycles. The van der Waals surface area contributed by atoms with Crippen LogP contribution in [0.1, 0.15) is 12.8 Å². The number of piperidine rings is 1. The van der Waals surface area contributed by atoms with Crippen LogP contribution in [0.4, 0.5) is 8.78 Å². The summed E-state index contributed by atoms with van der Waals surface area (Å²) in [6.45, 7) is 0.298. The summed E-state index contributed by atoms with van der Waals surface area (Å²) >= 11 is 0. The molecule has 1 N–H and O–H groups in total. The van der Waals surface area contributed by atoms with E-state index < -0.39 is 27.6 Å². The van der Waals surface area contributed by atoms with Gasteiger partial charge in [0.25, 0.3) is 0 Å². The van der Waals surface area contributed by atoms with Crippen molar-refractivity contribution >= 4 is 16.0 Å². The third kappa shape index (κ3) is 4.04. The second-order valence-corrected chi connectivity index (χ2v) is 7.46. The number of rotatable bonds is 5. The van der Waals surface area contributed by atoms with Gasteiger partial charge in [-0.2, -0.15) is 4.31 Å². The van der Waals surface area contributed by atoms with Crippen molar-refractivity contribution in [2.45, 2.75) is 23.8 Å². The summed E-state index contributed by atoms with van der Waals surface area (Å²) in [5.41, 5.74) is 0. The van der Waals surface area contributed by atoms with Crippen LogP contribution in [-0.4, -0.2) is 61.4 Å². The molecular weight excluding hydrogens is 330 g/mol. The molecule has 1 aliphatic heterocycles. The van der Waals surface area contributed by atoms with Crippen LogP contribution in [0.3, 0.4) is 0 Å². The number of aliphatic carboxylic acids is 1. The number of carboxylic acids is 1. The zero-order valence-corrected chi connectivity index (χ0v) is 13.4. The van der Waals surface area contributed by atoms with Crippen LogP contribution in [0.2, 0.25) is 0 Å². The van der Waals surface area contributed by atoms with Gasteiger partial charge in [-0.25, -0.2) is 17.2 Å². The van der Waals surface area contributed by atoms with Crippen molar-refractivity contribution in [1.82, 2.24) is 9.21 Å². The van der Waals surface area contributed by atoms with Gasteiger partial charge in [0, 0.05) is 19.1 Å². The highest BCUT2D eigenvalue weighted by atomic mass is 32.2. The van der Waals surface area contributed by atoms with Gasteiger partial charge in [0.15, 0.2) is 11.6 Å². The lowest BCUT2D eigenvalue weighted by molar-refractivity contribution is -0.138. The highest BCUT2D eigenvalue weighted by molar-refractivity contribution is 7.89. The average Bonchev–Trinajstić information content (AvgIpc) is 2.49. The standard InChI is InChI=1S/C14H18F2N2O4S/c1-17(9-14(19)20)10-4-6-18(7-5-10)23(21,22)11-2-3-12(15)13(16)8-11/h2-3,8,10H,4-7,9H2,1H3,(H,19,20). The lowest BCUT2D eigenvalue weighted by Crippen LogP contribution is -2.46. The first-order valence-corrected chi connectivity index (χ1v) is 8.53. The quantitative estimate of drug-likeness (QED) is 0.863. The van der Waals surface area contributed by atoms with E-state index in [2.05, 4.69) is 0 Å². The summed E-state index contributed by atoms with van der Waals surface area (Å²) in [6, 6.07) is 2.47. The smallest absolute Gasteiger partial charge is 0.317 e. The van der Waals surface area contributed by atoms with Crippen LogP contribution in [0, 0.1) is 11.6 Å². The first kappa shape index (κ1) is 17.8. The maximum atomic E-state index is 13.2. The van der Waals surface area contributed by atoms with E-state index in [0.29, 0.717) is 18.9 Å². The summed E-state index contributed by atoms with van der Waals surface area (Å²) < 4.78 is 52.3. The minimum absolute atomic E-state index is 0.0255. The molecule has 0 aliphatic carbocycles. The number of benzene rings is 1. The Bertz CT molecular complexity index is 688. The zero-order chi connectivity index (χ0) is 17.2. The number of likely N-dealkylation sites (N-methyl/N-ethyl adjacent to an activating group) is 1. The molecule has 0 aromatic heterocycles. The Hall–Kier alpha value is -1.58. The van der Waals surface area contributed by atoms with Gasteiger partial charge in [-0.15, -0.1) is 0 Å². The molecule has 2 rings (SSSR count). The minimum atomic E-state index is -3.88. The lowest BCUT2D eigenvalue weighted by Gasteiger charge is -2.35. The maximum absolute atomic E-state index is 13.2. The number of carbonyl (C=O) groups is 1. The summed E-state index contributed by atoms with van der Waals surface area (Å²) in [5.74, 6) is -3.25. The monoisotopic (exact) mass is 348 g/mol. The molecule has 0 saturated carbocycles. The van der Waals surface area contributed by atoms with E-state index in [-0.39, 0.29) is 30.6 Å². The Balaban J connectivity index is 2.06. The van der Waals surface area contributed by atoms with Crippen LogP contribution < -0.4 is 0 Å². The fourth-order valence-electron chi connectivity index (χ4n) is 2.65.